The first-order valence-corrected chi connectivity index (χ1v) is 8.34. The molecule has 3 rings (SSSR count). The third-order valence-electron chi connectivity index (χ3n) is 4.02. The summed E-state index contributed by atoms with van der Waals surface area (Å²) in [6, 6.07) is 8.68. The van der Waals surface area contributed by atoms with E-state index in [1.54, 1.807) is 30.3 Å². The van der Waals surface area contributed by atoms with E-state index < -0.39 is 11.5 Å². The van der Waals surface area contributed by atoms with E-state index in [1.807, 2.05) is 6.92 Å². The van der Waals surface area contributed by atoms with Gasteiger partial charge in [-0.25, -0.2) is 0 Å². The Balaban J connectivity index is 1.90. The molecule has 5 nitrogen and oxygen atoms in total. The Morgan fingerprint density at radius 3 is 2.88 bits per heavy atom. The first-order valence-electron chi connectivity index (χ1n) is 7.54. The zero-order valence-corrected chi connectivity index (χ0v) is 14.6. The van der Waals surface area contributed by atoms with E-state index in [0.717, 1.165) is 4.47 Å². The Morgan fingerprint density at radius 2 is 2.21 bits per heavy atom. The molecule has 0 aliphatic carbocycles. The average Bonchev–Trinajstić information content (AvgIpc) is 3.13. The van der Waals surface area contributed by atoms with Gasteiger partial charge in [-0.05, 0) is 49.4 Å². The highest BCUT2D eigenvalue weighted by molar-refractivity contribution is 9.10. The van der Waals surface area contributed by atoms with Crippen molar-refractivity contribution in [1.82, 2.24) is 0 Å². The number of amides is 1. The summed E-state index contributed by atoms with van der Waals surface area (Å²) in [5.41, 5.74) is -0.765. The molecule has 0 bridgehead atoms. The number of rotatable bonds is 5. The van der Waals surface area contributed by atoms with E-state index in [1.165, 1.54) is 23.3 Å². The molecule has 0 radical (unpaired) electrons. The van der Waals surface area contributed by atoms with Crippen molar-refractivity contribution in [2.45, 2.75) is 18.9 Å². The highest BCUT2D eigenvalue weighted by Gasteiger charge is 2.50. The summed E-state index contributed by atoms with van der Waals surface area (Å²) in [7, 11) is 0. The molecular weight excluding hydrogens is 374 g/mol. The van der Waals surface area contributed by atoms with E-state index in [2.05, 4.69) is 15.9 Å². The van der Waals surface area contributed by atoms with Crippen LogP contribution in [0.1, 0.15) is 24.7 Å². The van der Waals surface area contributed by atoms with Gasteiger partial charge in [0.15, 0.2) is 11.4 Å². The molecule has 1 amide bonds. The van der Waals surface area contributed by atoms with Crippen LogP contribution >= 0.6 is 15.9 Å². The predicted octanol–water partition coefficient (Wildman–Crippen LogP) is 3.27. The fourth-order valence-electron chi connectivity index (χ4n) is 2.88. The lowest BCUT2D eigenvalue weighted by Gasteiger charge is -2.21. The lowest BCUT2D eigenvalue weighted by molar-refractivity contribution is -0.140. The van der Waals surface area contributed by atoms with Crippen LogP contribution in [0.25, 0.3) is 6.08 Å². The molecule has 124 valence electrons. The van der Waals surface area contributed by atoms with Crippen LogP contribution in [-0.2, 0) is 15.2 Å². The van der Waals surface area contributed by atoms with Gasteiger partial charge >= 0.3 is 0 Å². The molecule has 6 heteroatoms. The van der Waals surface area contributed by atoms with Gasteiger partial charge in [-0.15, -0.1) is 0 Å². The van der Waals surface area contributed by atoms with Crippen LogP contribution in [0, 0.1) is 0 Å². The zero-order valence-electron chi connectivity index (χ0n) is 13.0. The number of ketones is 1. The quantitative estimate of drug-likeness (QED) is 0.796. The molecule has 1 aromatic carbocycles. The van der Waals surface area contributed by atoms with Crippen molar-refractivity contribution >= 4 is 39.4 Å². The molecular formula is C18H16BrNO4. The number of carbonyl (C=O) groups is 2. The van der Waals surface area contributed by atoms with Crippen LogP contribution in [0.5, 0.6) is 0 Å². The molecule has 0 fully saturated rings. The van der Waals surface area contributed by atoms with Crippen LogP contribution in [0.2, 0.25) is 0 Å². The Labute approximate surface area is 147 Å². The van der Waals surface area contributed by atoms with Crippen molar-refractivity contribution in [2.75, 3.05) is 11.4 Å². The predicted molar refractivity (Wildman–Crippen MR) is 93.4 cm³/mol. The van der Waals surface area contributed by atoms with Gasteiger partial charge in [0.1, 0.15) is 5.76 Å². The van der Waals surface area contributed by atoms with E-state index in [4.69, 9.17) is 4.42 Å². The SMILES string of the molecule is CCN1C(=O)[C@@](O)(CC(=O)/C=C/c2ccco2)c2cc(Br)ccc21. The minimum Gasteiger partial charge on any atom is -0.465 e. The largest absolute Gasteiger partial charge is 0.465 e. The maximum absolute atomic E-state index is 12.7. The van der Waals surface area contributed by atoms with Crippen LogP contribution in [0.4, 0.5) is 5.69 Å². The first-order chi connectivity index (χ1) is 11.5. The van der Waals surface area contributed by atoms with Crippen molar-refractivity contribution in [3.05, 3.63) is 58.5 Å². The summed E-state index contributed by atoms with van der Waals surface area (Å²) in [6.07, 6.45) is 4.02. The molecule has 0 saturated carbocycles. The Morgan fingerprint density at radius 1 is 1.42 bits per heavy atom. The second-order valence-corrected chi connectivity index (χ2v) is 6.48. The van der Waals surface area contributed by atoms with E-state index in [0.29, 0.717) is 23.6 Å². The lowest BCUT2D eigenvalue weighted by atomic mass is 9.90. The number of anilines is 1. The number of aliphatic hydroxyl groups is 1. The highest BCUT2D eigenvalue weighted by Crippen LogP contribution is 2.43. The molecule has 0 unspecified atom stereocenters. The number of carbonyl (C=O) groups excluding carboxylic acids is 2. The zero-order chi connectivity index (χ0) is 17.3. The summed E-state index contributed by atoms with van der Waals surface area (Å²) in [6.45, 7) is 2.25. The molecule has 2 heterocycles. The van der Waals surface area contributed by atoms with Crippen molar-refractivity contribution in [1.29, 1.82) is 0 Å². The minimum atomic E-state index is -1.85. The minimum absolute atomic E-state index is 0.316. The summed E-state index contributed by atoms with van der Waals surface area (Å²) >= 11 is 3.35. The van der Waals surface area contributed by atoms with Gasteiger partial charge in [-0.1, -0.05) is 15.9 Å². The maximum Gasteiger partial charge on any atom is 0.264 e. The van der Waals surface area contributed by atoms with Crippen molar-refractivity contribution in [3.63, 3.8) is 0 Å². The molecule has 1 aromatic heterocycles. The molecule has 1 N–H and O–H groups in total. The van der Waals surface area contributed by atoms with E-state index in [9.17, 15) is 14.7 Å². The molecule has 24 heavy (non-hydrogen) atoms. The average molecular weight is 390 g/mol. The number of halogens is 1. The Kier molecular flexibility index (Phi) is 4.43. The number of furan rings is 1. The summed E-state index contributed by atoms with van der Waals surface area (Å²) in [5, 5.41) is 11.0. The summed E-state index contributed by atoms with van der Waals surface area (Å²) in [4.78, 5) is 26.4. The maximum atomic E-state index is 12.7. The molecule has 1 aliphatic heterocycles. The van der Waals surface area contributed by atoms with Gasteiger partial charge in [0.25, 0.3) is 5.91 Å². The fourth-order valence-corrected chi connectivity index (χ4v) is 3.24. The Hall–Kier alpha value is -2.18. The van der Waals surface area contributed by atoms with Crippen LogP contribution in [0.15, 0.2) is 51.6 Å². The van der Waals surface area contributed by atoms with Gasteiger partial charge in [0.2, 0.25) is 0 Å². The topological polar surface area (TPSA) is 70.8 Å². The molecule has 0 spiro atoms. The summed E-state index contributed by atoms with van der Waals surface area (Å²) in [5.74, 6) is -0.296. The normalized spacial score (nSPS) is 20.0. The standard InChI is InChI=1S/C18H16BrNO4/c1-2-20-16-8-5-12(19)10-15(16)18(23,17(20)22)11-13(21)6-7-14-4-3-9-24-14/h3-10,23H,2,11H2,1H3/b7-6+/t18-/m1/s1. The molecule has 1 atom stereocenters. The van der Waals surface area contributed by atoms with Gasteiger partial charge in [0.05, 0.1) is 18.4 Å². The van der Waals surface area contributed by atoms with Crippen LogP contribution < -0.4 is 4.90 Å². The van der Waals surface area contributed by atoms with E-state index >= 15 is 0 Å². The lowest BCUT2D eigenvalue weighted by Crippen LogP contribution is -2.41. The van der Waals surface area contributed by atoms with Crippen molar-refractivity contribution in [3.8, 4) is 0 Å². The second-order valence-electron chi connectivity index (χ2n) is 5.56. The summed E-state index contributed by atoms with van der Waals surface area (Å²) < 4.78 is 5.86. The molecule has 0 saturated heterocycles. The van der Waals surface area contributed by atoms with Gasteiger partial charge in [0, 0.05) is 16.6 Å². The smallest absolute Gasteiger partial charge is 0.264 e. The van der Waals surface area contributed by atoms with Gasteiger partial charge in [-0.3, -0.25) is 9.59 Å². The monoisotopic (exact) mass is 389 g/mol. The van der Waals surface area contributed by atoms with Gasteiger partial charge in [-0.2, -0.15) is 0 Å². The van der Waals surface area contributed by atoms with Crippen LogP contribution in [-0.4, -0.2) is 23.3 Å². The van der Waals surface area contributed by atoms with Crippen molar-refractivity contribution in [2.24, 2.45) is 0 Å². The number of benzene rings is 1. The number of allylic oxidation sites excluding steroid dienone is 1. The molecule has 1 aliphatic rings. The first kappa shape index (κ1) is 16.7. The number of nitrogens with zero attached hydrogens (tertiary/aromatic N) is 1. The van der Waals surface area contributed by atoms with Gasteiger partial charge < -0.3 is 14.4 Å². The van der Waals surface area contributed by atoms with E-state index in [-0.39, 0.29) is 12.2 Å². The number of fused-ring (bicyclic) bond motifs is 1. The third kappa shape index (κ3) is 2.83. The number of hydrogen-bond donors (Lipinski definition) is 1. The van der Waals surface area contributed by atoms with Crippen molar-refractivity contribution < 1.29 is 19.1 Å². The number of hydrogen-bond acceptors (Lipinski definition) is 4. The Bertz CT molecular complexity index is 812. The van der Waals surface area contributed by atoms with Crippen LogP contribution in [0.3, 0.4) is 0 Å². The number of likely N-dealkylation sites (N-methyl/N-ethyl adjacent to an activating group) is 1. The molecule has 2 aromatic rings. The third-order valence-corrected chi connectivity index (χ3v) is 4.51. The highest BCUT2D eigenvalue weighted by atomic mass is 79.9. The second kappa shape index (κ2) is 6.37. The fraction of sp³-hybridized carbons (Fsp3) is 0.222.